The van der Waals surface area contributed by atoms with E-state index in [1.165, 1.54) is 18.2 Å². The second-order valence-corrected chi connectivity index (χ2v) is 6.41. The van der Waals surface area contributed by atoms with Crippen LogP contribution < -0.4 is 35.3 Å². The summed E-state index contributed by atoms with van der Waals surface area (Å²) >= 11 is 0. The van der Waals surface area contributed by atoms with E-state index >= 15 is 0 Å². The van der Waals surface area contributed by atoms with E-state index in [4.69, 9.17) is 5.73 Å². The average molecular weight is 324 g/mol. The Morgan fingerprint density at radius 1 is 0.850 bits per heavy atom. The second kappa shape index (κ2) is 5.60. The summed E-state index contributed by atoms with van der Waals surface area (Å²) in [5.74, 6) is 0. The predicted molar refractivity (Wildman–Crippen MR) is 64.3 cm³/mol. The number of hydrogen-bond donors (Lipinski definition) is 1. The smallest absolute Gasteiger partial charge is 0.744 e. The molecule has 102 valence electrons. The van der Waals surface area contributed by atoms with Gasteiger partial charge in [-0.1, -0.05) is 18.2 Å². The van der Waals surface area contributed by atoms with Gasteiger partial charge in [-0.25, -0.2) is 16.8 Å². The van der Waals surface area contributed by atoms with Gasteiger partial charge in [-0.05, 0) is 12.1 Å². The third-order valence-corrected chi connectivity index (χ3v) is 4.37. The summed E-state index contributed by atoms with van der Waals surface area (Å²) in [7, 11) is -9.69. The summed E-state index contributed by atoms with van der Waals surface area (Å²) in [6.07, 6.45) is 0. The molecule has 0 bridgehead atoms. The fourth-order valence-electron chi connectivity index (χ4n) is 1.82. The molecule has 0 spiro atoms. The first-order chi connectivity index (χ1) is 8.62. The number of nitrogen functional groups attached to an aromatic ring is 1. The van der Waals surface area contributed by atoms with E-state index in [0.29, 0.717) is 0 Å². The Bertz CT molecular complexity index is 876. The van der Waals surface area contributed by atoms with Crippen molar-refractivity contribution in [1.29, 1.82) is 0 Å². The van der Waals surface area contributed by atoms with Crippen molar-refractivity contribution < 1.29 is 55.5 Å². The monoisotopic (exact) mass is 324 g/mol. The largest absolute Gasteiger partial charge is 1.00 e. The molecule has 10 heteroatoms. The van der Waals surface area contributed by atoms with Crippen LogP contribution in [0.25, 0.3) is 10.8 Å². The SMILES string of the molecule is Nc1ccc2c(S(=O)(=O)[O-])cccc2c1S(=O)(=O)[O-].[Na+]. The summed E-state index contributed by atoms with van der Waals surface area (Å²) in [5.41, 5.74) is 5.12. The van der Waals surface area contributed by atoms with Gasteiger partial charge in [-0.2, -0.15) is 0 Å². The van der Waals surface area contributed by atoms with Crippen molar-refractivity contribution in [2.75, 3.05) is 5.73 Å². The van der Waals surface area contributed by atoms with Gasteiger partial charge in [-0.3, -0.25) is 0 Å². The molecule has 2 aromatic rings. The number of rotatable bonds is 2. The third-order valence-electron chi connectivity index (χ3n) is 2.52. The van der Waals surface area contributed by atoms with E-state index in [-0.39, 0.29) is 46.0 Å². The van der Waals surface area contributed by atoms with E-state index in [0.717, 1.165) is 12.1 Å². The van der Waals surface area contributed by atoms with Gasteiger partial charge in [0.2, 0.25) is 0 Å². The maximum atomic E-state index is 11.2. The Hall–Kier alpha value is -0.680. The van der Waals surface area contributed by atoms with Gasteiger partial charge in [0.1, 0.15) is 20.2 Å². The molecule has 0 aliphatic rings. The van der Waals surface area contributed by atoms with Crippen LogP contribution in [-0.4, -0.2) is 25.9 Å². The van der Waals surface area contributed by atoms with Crippen molar-refractivity contribution in [3.05, 3.63) is 30.3 Å². The molecule has 2 N–H and O–H groups in total. The number of hydrogen-bond acceptors (Lipinski definition) is 7. The van der Waals surface area contributed by atoms with Crippen molar-refractivity contribution in [3.8, 4) is 0 Å². The van der Waals surface area contributed by atoms with Gasteiger partial charge in [0.15, 0.2) is 0 Å². The molecule has 0 aliphatic carbocycles. The summed E-state index contributed by atoms with van der Waals surface area (Å²) in [5, 5.41) is -0.340. The first-order valence-corrected chi connectivity index (χ1v) is 7.67. The molecule has 0 atom stereocenters. The van der Waals surface area contributed by atoms with Crippen molar-refractivity contribution in [3.63, 3.8) is 0 Å². The van der Waals surface area contributed by atoms with Gasteiger partial charge in [-0.15, -0.1) is 0 Å². The van der Waals surface area contributed by atoms with Crippen LogP contribution in [0.4, 0.5) is 5.69 Å². The van der Waals surface area contributed by atoms with E-state index in [2.05, 4.69) is 0 Å². The number of benzene rings is 2. The van der Waals surface area contributed by atoms with Crippen molar-refractivity contribution in [2.24, 2.45) is 0 Å². The average Bonchev–Trinajstić information content (AvgIpc) is 2.24. The van der Waals surface area contributed by atoms with Crippen LogP contribution in [-0.2, 0) is 20.2 Å². The molecule has 0 aromatic heterocycles. The molecule has 0 unspecified atom stereocenters. The molecule has 0 amide bonds. The molecular weight excluding hydrogens is 317 g/mol. The van der Waals surface area contributed by atoms with Crippen LogP contribution in [0.1, 0.15) is 0 Å². The Morgan fingerprint density at radius 3 is 1.95 bits per heavy atom. The first-order valence-electron chi connectivity index (χ1n) is 4.85. The summed E-state index contributed by atoms with van der Waals surface area (Å²) in [6, 6.07) is 5.67. The minimum atomic E-state index is -4.89. The van der Waals surface area contributed by atoms with Crippen LogP contribution in [0.5, 0.6) is 0 Å². The molecule has 2 rings (SSSR count). The normalized spacial score (nSPS) is 12.1. The quantitative estimate of drug-likeness (QED) is 0.358. The number of fused-ring (bicyclic) bond motifs is 1. The minimum Gasteiger partial charge on any atom is -0.744 e. The van der Waals surface area contributed by atoms with E-state index in [9.17, 15) is 25.9 Å². The van der Waals surface area contributed by atoms with Crippen LogP contribution in [0.3, 0.4) is 0 Å². The van der Waals surface area contributed by atoms with Gasteiger partial charge in [0.25, 0.3) is 0 Å². The minimum absolute atomic E-state index is 0. The molecule has 0 aliphatic heterocycles. The van der Waals surface area contributed by atoms with Crippen molar-refractivity contribution in [2.45, 2.75) is 9.79 Å². The van der Waals surface area contributed by atoms with Crippen LogP contribution >= 0.6 is 0 Å². The fraction of sp³-hybridized carbons (Fsp3) is 0. The Labute approximate surface area is 137 Å². The Morgan fingerprint density at radius 2 is 1.45 bits per heavy atom. The predicted octanol–water partition coefficient (Wildman–Crippen LogP) is -2.77. The molecule has 7 nitrogen and oxygen atoms in total. The van der Waals surface area contributed by atoms with E-state index < -0.39 is 30.0 Å². The van der Waals surface area contributed by atoms with Crippen molar-refractivity contribution in [1.82, 2.24) is 0 Å². The molecular formula is C10H7NNaO6S2-. The second-order valence-electron chi connectivity index (χ2n) is 3.74. The molecule has 0 saturated heterocycles. The van der Waals surface area contributed by atoms with Crippen LogP contribution in [0.15, 0.2) is 40.1 Å². The molecule has 0 saturated carbocycles. The number of anilines is 1. The zero-order valence-corrected chi connectivity index (χ0v) is 13.9. The number of nitrogens with two attached hydrogens (primary N) is 1. The fourth-order valence-corrected chi connectivity index (χ4v) is 3.31. The Kier molecular flexibility index (Phi) is 4.87. The maximum Gasteiger partial charge on any atom is 1.00 e. The molecule has 0 heterocycles. The molecule has 2 aromatic carbocycles. The van der Waals surface area contributed by atoms with Gasteiger partial charge in [0.05, 0.1) is 9.79 Å². The Balaban J connectivity index is 0.00000200. The van der Waals surface area contributed by atoms with Crippen LogP contribution in [0.2, 0.25) is 0 Å². The van der Waals surface area contributed by atoms with E-state index in [1.807, 2.05) is 0 Å². The third kappa shape index (κ3) is 3.14. The van der Waals surface area contributed by atoms with Gasteiger partial charge in [0, 0.05) is 16.5 Å². The summed E-state index contributed by atoms with van der Waals surface area (Å²) < 4.78 is 66.7. The first kappa shape index (κ1) is 17.4. The molecule has 20 heavy (non-hydrogen) atoms. The standard InChI is InChI=1S/C10H9NO6S2.Na/c11-8-5-4-6-7(10(8)19(15,16)17)2-1-3-9(6)18(12,13)14;/h1-5H,11H2,(H,12,13,14)(H,15,16,17);/q;+1/p-2. The molecule has 0 radical (unpaired) electrons. The van der Waals surface area contributed by atoms with E-state index in [1.54, 1.807) is 0 Å². The zero-order chi connectivity index (χ0) is 14.4. The summed E-state index contributed by atoms with van der Waals surface area (Å²) in [4.78, 5) is -1.33. The van der Waals surface area contributed by atoms with Crippen LogP contribution in [0, 0.1) is 0 Å². The van der Waals surface area contributed by atoms with Gasteiger partial charge >= 0.3 is 29.6 Å². The van der Waals surface area contributed by atoms with Crippen molar-refractivity contribution >= 4 is 36.7 Å². The maximum absolute atomic E-state index is 11.2. The summed E-state index contributed by atoms with van der Waals surface area (Å²) in [6.45, 7) is 0. The molecule has 0 fully saturated rings. The van der Waals surface area contributed by atoms with Gasteiger partial charge < -0.3 is 14.8 Å². The topological polar surface area (TPSA) is 140 Å². The zero-order valence-electron chi connectivity index (χ0n) is 10.2.